The van der Waals surface area contributed by atoms with Crippen molar-refractivity contribution in [3.8, 4) is 5.75 Å². The number of carbonyl (C=O) groups is 1. The lowest BCUT2D eigenvalue weighted by molar-refractivity contribution is -0.140. The summed E-state index contributed by atoms with van der Waals surface area (Å²) in [5, 5.41) is 0.343. The van der Waals surface area contributed by atoms with E-state index in [1.165, 1.54) is 7.11 Å². The lowest BCUT2D eigenvalue weighted by Gasteiger charge is -2.10. The van der Waals surface area contributed by atoms with E-state index in [9.17, 15) is 14.4 Å². The first kappa shape index (κ1) is 16.8. The Kier molecular flexibility index (Phi) is 5.20. The fourth-order valence-corrected chi connectivity index (χ4v) is 2.09. The number of benzene rings is 1. The minimum Gasteiger partial charge on any atom is -0.493 e. The van der Waals surface area contributed by atoms with Crippen molar-refractivity contribution in [2.75, 3.05) is 13.7 Å². The van der Waals surface area contributed by atoms with Gasteiger partial charge in [-0.15, -0.1) is 0 Å². The van der Waals surface area contributed by atoms with Gasteiger partial charge in [-0.1, -0.05) is 13.8 Å². The predicted octanol–water partition coefficient (Wildman–Crippen LogP) is 1.29. The molecular formula is C16H20N2O5. The molecule has 23 heavy (non-hydrogen) atoms. The normalized spacial score (nSPS) is 11.0. The SMILES string of the molecule is COC(=O)CCn1c(=O)[nH]c2ccc(OCC(C)C)cc2c1=O. The molecule has 1 heterocycles. The molecule has 0 unspecified atom stereocenters. The van der Waals surface area contributed by atoms with Crippen molar-refractivity contribution in [1.29, 1.82) is 0 Å². The van der Waals surface area contributed by atoms with E-state index < -0.39 is 17.2 Å². The quantitative estimate of drug-likeness (QED) is 0.810. The van der Waals surface area contributed by atoms with Crippen LogP contribution in [0, 0.1) is 5.92 Å². The Balaban J connectivity index is 2.39. The zero-order chi connectivity index (χ0) is 17.0. The number of hydrogen-bond acceptors (Lipinski definition) is 5. The first-order valence-corrected chi connectivity index (χ1v) is 7.39. The molecule has 0 saturated heterocycles. The molecule has 7 nitrogen and oxygen atoms in total. The third-order valence-corrected chi connectivity index (χ3v) is 3.30. The minimum atomic E-state index is -0.553. The number of carbonyl (C=O) groups excluding carboxylic acids is 1. The summed E-state index contributed by atoms with van der Waals surface area (Å²) in [6.45, 7) is 4.55. The van der Waals surface area contributed by atoms with Crippen LogP contribution in [0.15, 0.2) is 27.8 Å². The fourth-order valence-electron chi connectivity index (χ4n) is 2.09. The van der Waals surface area contributed by atoms with Gasteiger partial charge in [0.15, 0.2) is 0 Å². The molecule has 0 amide bonds. The maximum Gasteiger partial charge on any atom is 0.328 e. The molecule has 0 aliphatic carbocycles. The van der Waals surface area contributed by atoms with Crippen LogP contribution >= 0.6 is 0 Å². The van der Waals surface area contributed by atoms with Gasteiger partial charge in [-0.25, -0.2) is 4.79 Å². The van der Waals surface area contributed by atoms with Gasteiger partial charge in [0, 0.05) is 6.54 Å². The van der Waals surface area contributed by atoms with Gasteiger partial charge < -0.3 is 14.5 Å². The maximum atomic E-state index is 12.5. The van der Waals surface area contributed by atoms with E-state index >= 15 is 0 Å². The Bertz CT molecular complexity index is 819. The highest BCUT2D eigenvalue weighted by Gasteiger charge is 2.11. The fraction of sp³-hybridized carbons (Fsp3) is 0.438. The van der Waals surface area contributed by atoms with Gasteiger partial charge in [-0.3, -0.25) is 14.2 Å². The van der Waals surface area contributed by atoms with E-state index in [1.54, 1.807) is 18.2 Å². The molecular weight excluding hydrogens is 300 g/mol. The van der Waals surface area contributed by atoms with Crippen LogP contribution in [-0.2, 0) is 16.1 Å². The Hall–Kier alpha value is -2.57. The molecule has 124 valence electrons. The molecule has 0 aliphatic heterocycles. The molecule has 0 saturated carbocycles. The van der Waals surface area contributed by atoms with Gasteiger partial charge in [0.05, 0.1) is 31.0 Å². The number of ether oxygens (including phenoxy) is 2. The second-order valence-electron chi connectivity index (χ2n) is 5.63. The lowest BCUT2D eigenvalue weighted by Crippen LogP contribution is -2.35. The highest BCUT2D eigenvalue weighted by Crippen LogP contribution is 2.16. The third-order valence-electron chi connectivity index (χ3n) is 3.30. The molecule has 2 aromatic rings. The molecule has 1 N–H and O–H groups in total. The maximum absolute atomic E-state index is 12.5. The Morgan fingerprint density at radius 3 is 2.70 bits per heavy atom. The van der Waals surface area contributed by atoms with Gasteiger partial charge in [0.2, 0.25) is 0 Å². The van der Waals surface area contributed by atoms with Crippen molar-refractivity contribution in [2.45, 2.75) is 26.8 Å². The highest BCUT2D eigenvalue weighted by atomic mass is 16.5. The molecule has 2 rings (SSSR count). The topological polar surface area (TPSA) is 90.4 Å². The van der Waals surface area contributed by atoms with Crippen LogP contribution in [0.4, 0.5) is 0 Å². The number of nitrogens with zero attached hydrogens (tertiary/aromatic N) is 1. The predicted molar refractivity (Wildman–Crippen MR) is 85.8 cm³/mol. The lowest BCUT2D eigenvalue weighted by atomic mass is 10.2. The number of methoxy groups -OCH3 is 1. The Morgan fingerprint density at radius 2 is 2.04 bits per heavy atom. The summed E-state index contributed by atoms with van der Waals surface area (Å²) in [6.07, 6.45) is -0.0471. The molecule has 1 aromatic heterocycles. The first-order valence-electron chi connectivity index (χ1n) is 7.39. The average molecular weight is 320 g/mol. The molecule has 0 fully saturated rings. The number of H-pyrrole nitrogens is 1. The molecule has 1 aromatic carbocycles. The summed E-state index contributed by atoms with van der Waals surface area (Å²) in [5.41, 5.74) is -0.573. The van der Waals surface area contributed by atoms with Gasteiger partial charge in [0.25, 0.3) is 5.56 Å². The number of rotatable bonds is 6. The van der Waals surface area contributed by atoms with Crippen LogP contribution in [0.1, 0.15) is 20.3 Å². The van der Waals surface area contributed by atoms with Crippen molar-refractivity contribution >= 4 is 16.9 Å². The summed E-state index contributed by atoms with van der Waals surface area (Å²) in [7, 11) is 1.26. The van der Waals surface area contributed by atoms with E-state index in [0.717, 1.165) is 4.57 Å². The smallest absolute Gasteiger partial charge is 0.328 e. The zero-order valence-electron chi connectivity index (χ0n) is 13.4. The van der Waals surface area contributed by atoms with E-state index in [0.29, 0.717) is 29.2 Å². The highest BCUT2D eigenvalue weighted by molar-refractivity contribution is 5.79. The average Bonchev–Trinajstić information content (AvgIpc) is 2.52. The second-order valence-corrected chi connectivity index (χ2v) is 5.63. The second kappa shape index (κ2) is 7.13. The first-order chi connectivity index (χ1) is 10.9. The third kappa shape index (κ3) is 4.00. The van der Waals surface area contributed by atoms with Crippen LogP contribution in [-0.4, -0.2) is 29.2 Å². The molecule has 0 aliphatic rings. The summed E-state index contributed by atoms with van der Waals surface area (Å²) in [5.74, 6) is 0.443. The van der Waals surface area contributed by atoms with Crippen molar-refractivity contribution < 1.29 is 14.3 Å². The van der Waals surface area contributed by atoms with Crippen molar-refractivity contribution in [3.63, 3.8) is 0 Å². The minimum absolute atomic E-state index is 0.0339. The number of hydrogen-bond donors (Lipinski definition) is 1. The van der Waals surface area contributed by atoms with Crippen LogP contribution in [0.2, 0.25) is 0 Å². The van der Waals surface area contributed by atoms with Crippen LogP contribution < -0.4 is 16.0 Å². The Morgan fingerprint density at radius 1 is 1.30 bits per heavy atom. The molecule has 7 heteroatoms. The van der Waals surface area contributed by atoms with Crippen molar-refractivity contribution in [1.82, 2.24) is 9.55 Å². The number of fused-ring (bicyclic) bond motifs is 1. The summed E-state index contributed by atoms with van der Waals surface area (Å²) in [4.78, 5) is 38.3. The number of aromatic amines is 1. The van der Waals surface area contributed by atoms with Crippen LogP contribution in [0.5, 0.6) is 5.75 Å². The number of nitrogens with one attached hydrogen (secondary N) is 1. The molecule has 0 atom stereocenters. The number of esters is 1. The van der Waals surface area contributed by atoms with Crippen molar-refractivity contribution in [2.24, 2.45) is 5.92 Å². The largest absolute Gasteiger partial charge is 0.493 e. The molecule has 0 spiro atoms. The van der Waals surface area contributed by atoms with E-state index in [-0.39, 0.29) is 13.0 Å². The summed E-state index contributed by atoms with van der Waals surface area (Å²) < 4.78 is 11.1. The monoisotopic (exact) mass is 320 g/mol. The van der Waals surface area contributed by atoms with E-state index in [4.69, 9.17) is 4.74 Å². The Labute approximate surface area is 132 Å². The molecule has 0 radical (unpaired) electrons. The standard InChI is InChI=1S/C16H20N2O5/c1-10(2)9-23-11-4-5-13-12(8-11)15(20)18(16(21)17-13)7-6-14(19)22-3/h4-5,8,10H,6-7,9H2,1-3H3,(H,17,21). The summed E-state index contributed by atoms with van der Waals surface area (Å²) >= 11 is 0. The van der Waals surface area contributed by atoms with Crippen molar-refractivity contribution in [3.05, 3.63) is 39.0 Å². The molecule has 0 bridgehead atoms. The van der Waals surface area contributed by atoms with Gasteiger partial charge >= 0.3 is 11.7 Å². The van der Waals surface area contributed by atoms with Gasteiger partial charge in [-0.2, -0.15) is 0 Å². The zero-order valence-corrected chi connectivity index (χ0v) is 13.4. The van der Waals surface area contributed by atoms with Crippen LogP contribution in [0.3, 0.4) is 0 Å². The van der Waals surface area contributed by atoms with Gasteiger partial charge in [0.1, 0.15) is 5.75 Å². The summed E-state index contributed by atoms with van der Waals surface area (Å²) in [6, 6.07) is 4.95. The van der Waals surface area contributed by atoms with E-state index in [1.807, 2.05) is 13.8 Å². The van der Waals surface area contributed by atoms with Crippen LogP contribution in [0.25, 0.3) is 10.9 Å². The number of aromatic nitrogens is 2. The van der Waals surface area contributed by atoms with E-state index in [2.05, 4.69) is 9.72 Å². The van der Waals surface area contributed by atoms with Gasteiger partial charge in [-0.05, 0) is 24.1 Å².